The number of nitrogens with one attached hydrogen (secondary N) is 3. The van der Waals surface area contributed by atoms with Crippen molar-refractivity contribution >= 4 is 46.3 Å². The van der Waals surface area contributed by atoms with Gasteiger partial charge in [-0.2, -0.15) is 0 Å². The van der Waals surface area contributed by atoms with Crippen LogP contribution in [0.3, 0.4) is 0 Å². The molecule has 2 aromatic carbocycles. The molecule has 0 bridgehead atoms. The molecule has 10 nitrogen and oxygen atoms in total. The molecule has 0 aliphatic carbocycles. The number of aliphatic hydroxyl groups is 2. The van der Waals surface area contributed by atoms with Crippen molar-refractivity contribution in [1.29, 1.82) is 0 Å². The number of aldehydes is 1. The van der Waals surface area contributed by atoms with E-state index in [1.807, 2.05) is 0 Å². The van der Waals surface area contributed by atoms with E-state index in [1.54, 1.807) is 49.7 Å². The summed E-state index contributed by atoms with van der Waals surface area (Å²) in [5.41, 5.74) is 2.54. The van der Waals surface area contributed by atoms with Crippen molar-refractivity contribution in [2.45, 2.75) is 12.5 Å². The van der Waals surface area contributed by atoms with Gasteiger partial charge in [0.25, 0.3) is 11.8 Å². The van der Waals surface area contributed by atoms with Crippen molar-refractivity contribution in [1.82, 2.24) is 25.5 Å². The predicted octanol–water partition coefficient (Wildman–Crippen LogP) is 2.16. The van der Waals surface area contributed by atoms with Crippen molar-refractivity contribution in [3.8, 4) is 0 Å². The van der Waals surface area contributed by atoms with Gasteiger partial charge in [-0.25, -0.2) is 4.98 Å². The van der Waals surface area contributed by atoms with Crippen LogP contribution in [-0.2, 0) is 4.79 Å². The SMILES string of the molecule is CN/C=C\C(NCC(O)c1cccc(Cl)c1)=C(/C=O)c1nc2cc3c(cc2[nH]1)C(=O)N(CCCO)C3=O. The molecule has 1 aliphatic heterocycles. The Hall–Kier alpha value is -3.99. The summed E-state index contributed by atoms with van der Waals surface area (Å²) in [7, 11) is 1.70. The van der Waals surface area contributed by atoms with Gasteiger partial charge in [-0.1, -0.05) is 23.7 Å². The average molecular weight is 524 g/mol. The number of rotatable bonds is 11. The van der Waals surface area contributed by atoms with Gasteiger partial charge < -0.3 is 25.8 Å². The van der Waals surface area contributed by atoms with Crippen LogP contribution in [0.2, 0.25) is 5.02 Å². The van der Waals surface area contributed by atoms with E-state index in [1.165, 1.54) is 6.07 Å². The van der Waals surface area contributed by atoms with Crippen LogP contribution in [-0.4, -0.2) is 69.9 Å². The molecule has 3 aromatic rings. The number of aliphatic hydroxyl groups excluding tert-OH is 2. The number of benzene rings is 2. The van der Waals surface area contributed by atoms with Gasteiger partial charge in [0.2, 0.25) is 0 Å². The topological polar surface area (TPSA) is 148 Å². The number of H-pyrrole nitrogens is 1. The lowest BCUT2D eigenvalue weighted by Crippen LogP contribution is -2.31. The molecule has 11 heteroatoms. The molecule has 4 rings (SSSR count). The number of amides is 2. The molecule has 0 spiro atoms. The summed E-state index contributed by atoms with van der Waals surface area (Å²) in [5.74, 6) is -0.654. The number of nitrogens with zero attached hydrogens (tertiary/aromatic N) is 2. The van der Waals surface area contributed by atoms with Crippen molar-refractivity contribution in [2.24, 2.45) is 0 Å². The molecular weight excluding hydrogens is 498 g/mol. The van der Waals surface area contributed by atoms with Gasteiger partial charge in [0.05, 0.1) is 33.8 Å². The molecule has 1 aromatic heterocycles. The number of allylic oxidation sites excluding steroid dienone is 2. The minimum Gasteiger partial charge on any atom is -0.396 e. The largest absolute Gasteiger partial charge is 0.396 e. The molecule has 5 N–H and O–H groups in total. The van der Waals surface area contributed by atoms with Crippen molar-refractivity contribution in [3.63, 3.8) is 0 Å². The highest BCUT2D eigenvalue weighted by Gasteiger charge is 2.36. The second-order valence-corrected chi connectivity index (χ2v) is 8.79. The average Bonchev–Trinajstić information content (AvgIpc) is 3.40. The fourth-order valence-corrected chi connectivity index (χ4v) is 4.25. The van der Waals surface area contributed by atoms with E-state index in [0.29, 0.717) is 40.0 Å². The van der Waals surface area contributed by atoms with Crippen LogP contribution >= 0.6 is 11.6 Å². The van der Waals surface area contributed by atoms with Crippen LogP contribution in [0.15, 0.2) is 54.4 Å². The highest BCUT2D eigenvalue weighted by Crippen LogP contribution is 2.28. The Morgan fingerprint density at radius 1 is 1.22 bits per heavy atom. The van der Waals surface area contributed by atoms with Crippen LogP contribution in [0.4, 0.5) is 0 Å². The molecule has 0 saturated carbocycles. The number of fused-ring (bicyclic) bond motifs is 2. The summed E-state index contributed by atoms with van der Waals surface area (Å²) in [4.78, 5) is 46.3. The molecule has 1 aliphatic rings. The van der Waals surface area contributed by atoms with E-state index in [-0.39, 0.29) is 42.2 Å². The van der Waals surface area contributed by atoms with E-state index in [4.69, 9.17) is 16.7 Å². The minimum absolute atomic E-state index is 0.0856. The third-order valence-corrected chi connectivity index (χ3v) is 6.15. The fraction of sp³-hybridized carbons (Fsp3) is 0.231. The van der Waals surface area contributed by atoms with Crippen LogP contribution in [0.5, 0.6) is 0 Å². The van der Waals surface area contributed by atoms with Gasteiger partial charge in [-0.05, 0) is 48.5 Å². The second kappa shape index (κ2) is 11.4. The van der Waals surface area contributed by atoms with Gasteiger partial charge in [0.1, 0.15) is 5.82 Å². The van der Waals surface area contributed by atoms with Gasteiger partial charge in [-0.15, -0.1) is 0 Å². The summed E-state index contributed by atoms with van der Waals surface area (Å²) in [6.07, 6.45) is 3.28. The molecule has 0 fully saturated rings. The monoisotopic (exact) mass is 523 g/mol. The van der Waals surface area contributed by atoms with Gasteiger partial charge in [-0.3, -0.25) is 19.3 Å². The third-order valence-electron chi connectivity index (χ3n) is 5.91. The highest BCUT2D eigenvalue weighted by atomic mass is 35.5. The van der Waals surface area contributed by atoms with E-state index in [0.717, 1.165) is 4.90 Å². The number of hydrogen-bond acceptors (Lipinski definition) is 8. The van der Waals surface area contributed by atoms with Gasteiger partial charge in [0, 0.05) is 37.5 Å². The maximum absolute atomic E-state index is 12.7. The fourth-order valence-electron chi connectivity index (χ4n) is 4.05. The van der Waals surface area contributed by atoms with E-state index >= 15 is 0 Å². The summed E-state index contributed by atoms with van der Waals surface area (Å²) in [6, 6.07) is 9.92. The van der Waals surface area contributed by atoms with Crippen LogP contribution in [0.25, 0.3) is 16.6 Å². The number of hydrogen-bond donors (Lipinski definition) is 5. The lowest BCUT2D eigenvalue weighted by Gasteiger charge is -2.15. The molecule has 1 atom stereocenters. The van der Waals surface area contributed by atoms with E-state index in [2.05, 4.69) is 20.6 Å². The Morgan fingerprint density at radius 3 is 2.65 bits per heavy atom. The Labute approximate surface area is 217 Å². The smallest absolute Gasteiger partial charge is 0.261 e. The summed E-state index contributed by atoms with van der Waals surface area (Å²) < 4.78 is 0. The molecule has 0 saturated heterocycles. The van der Waals surface area contributed by atoms with Crippen molar-refractivity contribution in [2.75, 3.05) is 26.7 Å². The Balaban J connectivity index is 1.66. The number of aromatic nitrogens is 2. The lowest BCUT2D eigenvalue weighted by molar-refractivity contribution is -0.103. The second-order valence-electron chi connectivity index (χ2n) is 8.36. The summed E-state index contributed by atoms with van der Waals surface area (Å²) in [5, 5.41) is 26.1. The van der Waals surface area contributed by atoms with Crippen molar-refractivity contribution in [3.05, 3.63) is 81.9 Å². The third kappa shape index (κ3) is 5.41. The minimum atomic E-state index is -0.894. The first-order chi connectivity index (χ1) is 17.9. The van der Waals surface area contributed by atoms with Crippen LogP contribution < -0.4 is 10.6 Å². The maximum atomic E-state index is 12.7. The molecule has 0 radical (unpaired) electrons. The standard InChI is InChI=1S/C26H26ClN5O5/c1-28-7-6-20(29-13-23(35)15-4-2-5-16(27)10-15)19(14-34)24-30-21-11-17-18(12-22(21)31-24)26(37)32(25(17)36)8-3-9-33/h2,4-7,10-12,14,23,28-29,33,35H,3,8-9,13H2,1H3,(H,30,31)/b7-6-,20-19-. The van der Waals surface area contributed by atoms with Crippen molar-refractivity contribution < 1.29 is 24.6 Å². The highest BCUT2D eigenvalue weighted by molar-refractivity contribution is 6.30. The maximum Gasteiger partial charge on any atom is 0.261 e. The lowest BCUT2D eigenvalue weighted by atomic mass is 10.1. The molecule has 2 amide bonds. The Morgan fingerprint density at radius 2 is 1.97 bits per heavy atom. The zero-order chi connectivity index (χ0) is 26.5. The number of aromatic amines is 1. The van der Waals surface area contributed by atoms with Gasteiger partial charge >= 0.3 is 0 Å². The summed E-state index contributed by atoms with van der Waals surface area (Å²) >= 11 is 6.02. The molecule has 1 unspecified atom stereocenters. The first kappa shape index (κ1) is 26.1. The first-order valence-corrected chi connectivity index (χ1v) is 12.0. The molecule has 192 valence electrons. The summed E-state index contributed by atoms with van der Waals surface area (Å²) in [6.45, 7) is 0.0814. The Bertz CT molecular complexity index is 1360. The van der Waals surface area contributed by atoms with Crippen LogP contribution in [0, 0.1) is 0 Å². The first-order valence-electron chi connectivity index (χ1n) is 11.6. The molecule has 2 heterocycles. The predicted molar refractivity (Wildman–Crippen MR) is 139 cm³/mol. The van der Waals surface area contributed by atoms with Crippen LogP contribution in [0.1, 0.15) is 44.6 Å². The number of carbonyl (C=O) groups excluding carboxylic acids is 3. The zero-order valence-electron chi connectivity index (χ0n) is 20.0. The normalized spacial score (nSPS) is 14.8. The number of imide groups is 1. The zero-order valence-corrected chi connectivity index (χ0v) is 20.7. The number of imidazole rings is 1. The van der Waals surface area contributed by atoms with E-state index < -0.39 is 17.9 Å². The number of carbonyl (C=O) groups is 3. The number of halogens is 1. The quantitative estimate of drug-likeness (QED) is 0.111. The molecular formula is C26H26ClN5O5. The van der Waals surface area contributed by atoms with E-state index in [9.17, 15) is 19.5 Å². The molecule has 37 heavy (non-hydrogen) atoms. The van der Waals surface area contributed by atoms with Gasteiger partial charge in [0.15, 0.2) is 6.29 Å². The Kier molecular flexibility index (Phi) is 8.02.